The molecule has 0 heterocycles. The van der Waals surface area contributed by atoms with Crippen molar-refractivity contribution in [3.05, 3.63) is 95.6 Å². The molecule has 208 valence electrons. The highest BCUT2D eigenvalue weighted by atomic mass is 32.2. The first-order valence-corrected chi connectivity index (χ1v) is 14.8. The summed E-state index contributed by atoms with van der Waals surface area (Å²) in [5.41, 5.74) is 3.03. The highest BCUT2D eigenvalue weighted by Gasteiger charge is 2.33. The number of carbonyl (C=O) groups is 2. The molecule has 8 heteroatoms. The van der Waals surface area contributed by atoms with Crippen molar-refractivity contribution in [3.63, 3.8) is 0 Å². The minimum Gasteiger partial charge on any atom is -0.352 e. The van der Waals surface area contributed by atoms with Gasteiger partial charge in [0, 0.05) is 12.6 Å². The van der Waals surface area contributed by atoms with Crippen LogP contribution in [0.4, 0.5) is 5.69 Å². The average molecular weight is 550 g/mol. The predicted molar refractivity (Wildman–Crippen MR) is 156 cm³/mol. The molecule has 2 atom stereocenters. The summed E-state index contributed by atoms with van der Waals surface area (Å²) in [7, 11) is -4.09. The number of carbonyl (C=O) groups excluding carboxylic acids is 2. The molecule has 0 aliphatic carbocycles. The smallest absolute Gasteiger partial charge is 0.264 e. The number of sulfonamides is 1. The lowest BCUT2D eigenvalue weighted by Gasteiger charge is -2.33. The Morgan fingerprint density at radius 2 is 1.49 bits per heavy atom. The van der Waals surface area contributed by atoms with Crippen molar-refractivity contribution < 1.29 is 18.0 Å². The number of para-hydroxylation sites is 1. The second kappa shape index (κ2) is 13.4. The van der Waals surface area contributed by atoms with E-state index in [9.17, 15) is 18.0 Å². The van der Waals surface area contributed by atoms with Gasteiger partial charge in [0.05, 0.1) is 10.6 Å². The first kappa shape index (κ1) is 29.9. The summed E-state index contributed by atoms with van der Waals surface area (Å²) in [4.78, 5) is 28.7. The van der Waals surface area contributed by atoms with Gasteiger partial charge < -0.3 is 10.2 Å². The number of nitrogens with zero attached hydrogens (tertiary/aromatic N) is 2. The average Bonchev–Trinajstić information content (AvgIpc) is 2.94. The standard InChI is InChI=1S/C31H39N3O4S/c1-6-24(4)32-31(36)25(5)33(21-26-13-9-8-10-14-26)30(35)22-34(29-16-12-11-15-27(29)7-2)39(37,38)28-19-17-23(3)18-20-28/h8-20,24-25H,6-7,21-22H2,1-5H3,(H,32,36). The molecule has 39 heavy (non-hydrogen) atoms. The lowest BCUT2D eigenvalue weighted by molar-refractivity contribution is -0.139. The van der Waals surface area contributed by atoms with Gasteiger partial charge in [0.15, 0.2) is 0 Å². The lowest BCUT2D eigenvalue weighted by Crippen LogP contribution is -2.52. The van der Waals surface area contributed by atoms with Gasteiger partial charge in [-0.05, 0) is 62.9 Å². The molecule has 0 aromatic heterocycles. The summed E-state index contributed by atoms with van der Waals surface area (Å²) in [6, 6.07) is 22.3. The third-order valence-corrected chi connectivity index (χ3v) is 8.67. The second-order valence-corrected chi connectivity index (χ2v) is 11.7. The van der Waals surface area contributed by atoms with Crippen molar-refractivity contribution in [2.45, 2.75) is 71.0 Å². The van der Waals surface area contributed by atoms with Gasteiger partial charge in [-0.1, -0.05) is 80.1 Å². The summed E-state index contributed by atoms with van der Waals surface area (Å²) < 4.78 is 29.2. The Bertz CT molecular complexity index is 1360. The van der Waals surface area contributed by atoms with Crippen LogP contribution in [0.25, 0.3) is 0 Å². The van der Waals surface area contributed by atoms with E-state index in [2.05, 4.69) is 5.32 Å². The number of hydrogen-bond donors (Lipinski definition) is 1. The van der Waals surface area contributed by atoms with E-state index in [1.165, 1.54) is 9.21 Å². The minimum absolute atomic E-state index is 0.0523. The van der Waals surface area contributed by atoms with Crippen LogP contribution < -0.4 is 9.62 Å². The summed E-state index contributed by atoms with van der Waals surface area (Å²) in [6.45, 7) is 9.12. The zero-order valence-corrected chi connectivity index (χ0v) is 24.2. The summed E-state index contributed by atoms with van der Waals surface area (Å²) in [5, 5.41) is 2.95. The molecule has 2 amide bonds. The first-order chi connectivity index (χ1) is 18.6. The number of benzene rings is 3. The van der Waals surface area contributed by atoms with Crippen LogP contribution in [0.1, 0.15) is 50.8 Å². The fourth-order valence-electron chi connectivity index (χ4n) is 4.23. The molecule has 0 radical (unpaired) electrons. The minimum atomic E-state index is -4.09. The number of nitrogens with one attached hydrogen (secondary N) is 1. The second-order valence-electron chi connectivity index (χ2n) is 9.81. The Labute approximate surface area is 232 Å². The molecule has 0 fully saturated rings. The van der Waals surface area contributed by atoms with Gasteiger partial charge in [0.2, 0.25) is 11.8 Å². The van der Waals surface area contributed by atoms with Crippen molar-refractivity contribution in [2.75, 3.05) is 10.8 Å². The zero-order chi connectivity index (χ0) is 28.6. The summed E-state index contributed by atoms with van der Waals surface area (Å²) >= 11 is 0. The van der Waals surface area contributed by atoms with Crippen LogP contribution in [-0.2, 0) is 32.6 Å². The fourth-order valence-corrected chi connectivity index (χ4v) is 5.68. The summed E-state index contributed by atoms with van der Waals surface area (Å²) in [5.74, 6) is -0.747. The Morgan fingerprint density at radius 1 is 0.872 bits per heavy atom. The Kier molecular flexibility index (Phi) is 10.3. The molecule has 0 aliphatic rings. The van der Waals surface area contributed by atoms with E-state index in [1.807, 2.05) is 70.2 Å². The van der Waals surface area contributed by atoms with Gasteiger partial charge in [-0.25, -0.2) is 8.42 Å². The van der Waals surface area contributed by atoms with Crippen molar-refractivity contribution >= 4 is 27.5 Å². The molecule has 0 bridgehead atoms. The van der Waals surface area contributed by atoms with Crippen LogP contribution in [0.2, 0.25) is 0 Å². The maximum absolute atomic E-state index is 14.0. The molecule has 0 aliphatic heterocycles. The van der Waals surface area contributed by atoms with Crippen LogP contribution in [0, 0.1) is 6.92 Å². The van der Waals surface area contributed by atoms with E-state index in [0.29, 0.717) is 12.1 Å². The van der Waals surface area contributed by atoms with E-state index in [0.717, 1.165) is 23.1 Å². The van der Waals surface area contributed by atoms with Crippen LogP contribution in [0.3, 0.4) is 0 Å². The van der Waals surface area contributed by atoms with Gasteiger partial charge in [0.1, 0.15) is 12.6 Å². The van der Waals surface area contributed by atoms with E-state index >= 15 is 0 Å². The molecule has 0 saturated carbocycles. The van der Waals surface area contributed by atoms with Gasteiger partial charge in [-0.3, -0.25) is 13.9 Å². The Hall–Kier alpha value is -3.65. The number of rotatable bonds is 12. The van der Waals surface area contributed by atoms with Crippen LogP contribution in [0.15, 0.2) is 83.8 Å². The highest BCUT2D eigenvalue weighted by molar-refractivity contribution is 7.92. The molecule has 0 saturated heterocycles. The number of aryl methyl sites for hydroxylation is 2. The monoisotopic (exact) mass is 549 g/mol. The van der Waals surface area contributed by atoms with E-state index in [4.69, 9.17) is 0 Å². The number of anilines is 1. The number of amides is 2. The topological polar surface area (TPSA) is 86.8 Å². The molecule has 7 nitrogen and oxygen atoms in total. The molecule has 3 aromatic rings. The fraction of sp³-hybridized carbons (Fsp3) is 0.355. The zero-order valence-electron chi connectivity index (χ0n) is 23.4. The number of hydrogen-bond acceptors (Lipinski definition) is 4. The highest BCUT2D eigenvalue weighted by Crippen LogP contribution is 2.28. The maximum Gasteiger partial charge on any atom is 0.264 e. The molecule has 2 unspecified atom stereocenters. The van der Waals surface area contributed by atoms with Gasteiger partial charge in [-0.15, -0.1) is 0 Å². The van der Waals surface area contributed by atoms with E-state index < -0.39 is 28.5 Å². The third kappa shape index (κ3) is 7.47. The molecule has 3 rings (SSSR count). The first-order valence-electron chi connectivity index (χ1n) is 13.4. The lowest BCUT2D eigenvalue weighted by atomic mass is 10.1. The van der Waals surface area contributed by atoms with E-state index in [-0.39, 0.29) is 23.4 Å². The van der Waals surface area contributed by atoms with Crippen molar-refractivity contribution in [3.8, 4) is 0 Å². The van der Waals surface area contributed by atoms with Gasteiger partial charge in [0.25, 0.3) is 10.0 Å². The Morgan fingerprint density at radius 3 is 2.10 bits per heavy atom. The van der Waals surface area contributed by atoms with Crippen molar-refractivity contribution in [1.82, 2.24) is 10.2 Å². The van der Waals surface area contributed by atoms with E-state index in [1.54, 1.807) is 43.3 Å². The van der Waals surface area contributed by atoms with Crippen molar-refractivity contribution in [2.24, 2.45) is 0 Å². The quantitative estimate of drug-likeness (QED) is 0.341. The molecule has 3 aromatic carbocycles. The molecular weight excluding hydrogens is 510 g/mol. The van der Waals surface area contributed by atoms with Crippen molar-refractivity contribution in [1.29, 1.82) is 0 Å². The van der Waals surface area contributed by atoms with Gasteiger partial charge >= 0.3 is 0 Å². The molecule has 1 N–H and O–H groups in total. The van der Waals surface area contributed by atoms with Crippen LogP contribution in [-0.4, -0.2) is 43.8 Å². The maximum atomic E-state index is 14.0. The largest absolute Gasteiger partial charge is 0.352 e. The predicted octanol–water partition coefficient (Wildman–Crippen LogP) is 5.08. The summed E-state index contributed by atoms with van der Waals surface area (Å²) in [6.07, 6.45) is 1.34. The third-order valence-electron chi connectivity index (χ3n) is 6.89. The molecular formula is C31H39N3O4S. The molecule has 0 spiro atoms. The normalized spacial score (nSPS) is 12.8. The van der Waals surface area contributed by atoms with Gasteiger partial charge in [-0.2, -0.15) is 0 Å². The van der Waals surface area contributed by atoms with Crippen LogP contribution >= 0.6 is 0 Å². The van der Waals surface area contributed by atoms with Crippen LogP contribution in [0.5, 0.6) is 0 Å². The SMILES string of the molecule is CCc1ccccc1N(CC(=O)N(Cc1ccccc1)C(C)C(=O)NC(C)CC)S(=O)(=O)c1ccc(C)cc1. The Balaban J connectivity index is 2.05.